The molecule has 0 bridgehead atoms. The fourth-order valence-corrected chi connectivity index (χ4v) is 13.1. The minimum absolute atomic E-state index is 0.113. The summed E-state index contributed by atoms with van der Waals surface area (Å²) < 4.78 is 28.0. The third-order valence-corrected chi connectivity index (χ3v) is 16.2. The molecule has 0 radical (unpaired) electrons. The zero-order valence-electron chi connectivity index (χ0n) is 35.8. The van der Waals surface area contributed by atoms with E-state index in [0.717, 1.165) is 38.5 Å². The van der Waals surface area contributed by atoms with Crippen LogP contribution in [-0.2, 0) is 41.7 Å². The lowest BCUT2D eigenvalue weighted by Gasteiger charge is -2.62. The Labute approximate surface area is 350 Å². The molecule has 0 aromatic carbocycles. The molecule has 328 valence electrons. The number of nitrogens with two attached hydrogens (primary N) is 1. The summed E-state index contributed by atoms with van der Waals surface area (Å²) in [5.41, 5.74) is 7.49. The number of ether oxygens (including phenoxy) is 4. The van der Waals surface area contributed by atoms with Crippen molar-refractivity contribution in [1.82, 2.24) is 39.8 Å². The summed E-state index contributed by atoms with van der Waals surface area (Å²) >= 11 is 0. The Balaban J connectivity index is 0.748. The number of nitrogen functional groups attached to an aromatic ring is 1. The highest BCUT2D eigenvalue weighted by molar-refractivity contribution is 5.84. The molecule has 15 atom stereocenters. The summed E-state index contributed by atoms with van der Waals surface area (Å²) in [6.45, 7) is 12.5. The Kier molecular flexibility index (Phi) is 10.8. The van der Waals surface area contributed by atoms with Crippen LogP contribution >= 0.6 is 0 Å². The van der Waals surface area contributed by atoms with E-state index in [1.54, 1.807) is 28.7 Å². The molecule has 9 rings (SSSR count). The second-order valence-electron chi connectivity index (χ2n) is 19.9. The van der Waals surface area contributed by atoms with Crippen molar-refractivity contribution in [3.8, 4) is 0 Å². The summed E-state index contributed by atoms with van der Waals surface area (Å²) in [4.78, 5) is 39.0. The van der Waals surface area contributed by atoms with E-state index >= 15 is 0 Å². The number of imidazole rings is 1. The number of aliphatic hydroxyl groups is 2. The summed E-state index contributed by atoms with van der Waals surface area (Å²) in [7, 11) is 0. The molecule has 1 amide bonds. The van der Waals surface area contributed by atoms with E-state index in [2.05, 4.69) is 51.4 Å². The summed E-state index contributed by atoms with van der Waals surface area (Å²) in [5, 5.41) is 33.6. The lowest BCUT2D eigenvalue weighted by Crippen LogP contribution is -2.58. The van der Waals surface area contributed by atoms with Gasteiger partial charge in [-0.2, -0.15) is 0 Å². The van der Waals surface area contributed by atoms with E-state index in [-0.39, 0.29) is 47.3 Å². The second kappa shape index (κ2) is 15.5. The molecule has 17 heteroatoms. The largest absolute Gasteiger partial charge is 0.458 e. The lowest BCUT2D eigenvalue weighted by molar-refractivity contribution is -0.197. The van der Waals surface area contributed by atoms with Crippen molar-refractivity contribution in [1.29, 1.82) is 0 Å². The summed E-state index contributed by atoms with van der Waals surface area (Å²) in [6.07, 6.45) is 11.4. The number of esters is 1. The van der Waals surface area contributed by atoms with Crippen LogP contribution in [0.5, 0.6) is 0 Å². The standard InChI is InChI=1S/C43H63N9O8/c1-22(28-10-11-29-27-9-8-24-15-26(53)13-14-42(24,5)30(27)16-32(54)43(28,29)6)7-12-33(55)48-23(2)40(56)57-19-25-17-51(50-49-25)18-31-35-36(60-41(3,4)59-35)39(58-31)52-21-47-34-37(44)45-20-46-38(34)52/h17,20-24,26-32,35-36,39,53-54H,7-16,18-19H2,1-6H3,(H,48,55)(H2,44,45,46)/t22?,23-,24?,26+,27?,28+,29?,30?,31?,32-,35+,36+,39?,42-,43+/m0/s1. The van der Waals surface area contributed by atoms with Crippen molar-refractivity contribution in [3.05, 3.63) is 24.5 Å². The Bertz CT molecular complexity index is 2080. The zero-order chi connectivity index (χ0) is 42.3. The van der Waals surface area contributed by atoms with Crippen LogP contribution in [0.1, 0.15) is 118 Å². The van der Waals surface area contributed by atoms with Crippen LogP contribution in [0, 0.1) is 46.3 Å². The number of aromatic nitrogens is 7. The van der Waals surface area contributed by atoms with E-state index in [1.807, 2.05) is 13.8 Å². The number of nitrogens with one attached hydrogen (secondary N) is 1. The first-order valence-corrected chi connectivity index (χ1v) is 22.2. The molecule has 5 heterocycles. The number of rotatable bonds is 11. The van der Waals surface area contributed by atoms with Gasteiger partial charge in [0.1, 0.15) is 48.5 Å². The number of hydrogen-bond donors (Lipinski definition) is 4. The van der Waals surface area contributed by atoms with Gasteiger partial charge in [0.05, 0.1) is 31.3 Å². The first kappa shape index (κ1) is 41.6. The number of amides is 1. The predicted octanol–water partition coefficient (Wildman–Crippen LogP) is 4.07. The van der Waals surface area contributed by atoms with Gasteiger partial charge in [-0.1, -0.05) is 26.0 Å². The first-order chi connectivity index (χ1) is 28.6. The molecule has 2 saturated heterocycles. The van der Waals surface area contributed by atoms with Gasteiger partial charge in [0, 0.05) is 6.42 Å². The van der Waals surface area contributed by atoms with Crippen molar-refractivity contribution >= 4 is 28.9 Å². The topological polar surface area (TPSA) is 224 Å². The highest BCUT2D eigenvalue weighted by atomic mass is 16.8. The van der Waals surface area contributed by atoms with Gasteiger partial charge in [-0.15, -0.1) is 5.10 Å². The molecule has 0 spiro atoms. The fraction of sp³-hybridized carbons (Fsp3) is 0.791. The van der Waals surface area contributed by atoms with E-state index in [4.69, 9.17) is 24.7 Å². The van der Waals surface area contributed by atoms with Crippen LogP contribution in [0.25, 0.3) is 11.2 Å². The summed E-state index contributed by atoms with van der Waals surface area (Å²) in [5.74, 6) is 1.42. The minimum Gasteiger partial charge on any atom is -0.458 e. The highest BCUT2D eigenvalue weighted by Gasteiger charge is 2.64. The SMILES string of the molecule is CC(CCC(=O)N[C@@H](C)C(=O)OCc1cn(CC2OC(n3cnc4c(N)ncnc43)[C@@H]3OC(C)(C)O[C@H]23)nn1)[C@H]1CCC2C3CCC4C[C@H](O)CC[C@]4(C)C3C[C@H](O)[C@@]21C. The number of aliphatic hydroxyl groups excluding tert-OH is 2. The van der Waals surface area contributed by atoms with Crippen LogP contribution < -0.4 is 11.1 Å². The summed E-state index contributed by atoms with van der Waals surface area (Å²) in [6, 6.07) is -0.839. The average molecular weight is 834 g/mol. The number of nitrogens with zero attached hydrogens (tertiary/aromatic N) is 7. The number of anilines is 1. The minimum atomic E-state index is -0.840. The van der Waals surface area contributed by atoms with Crippen molar-refractivity contribution in [3.63, 3.8) is 0 Å². The number of hydrogen-bond acceptors (Lipinski definition) is 14. The molecule has 6 aliphatic rings. The molecule has 3 aromatic rings. The van der Waals surface area contributed by atoms with Crippen molar-refractivity contribution in [2.24, 2.45) is 46.3 Å². The average Bonchev–Trinajstić information content (AvgIpc) is 4.03. The normalized spacial score (nSPS) is 39.0. The number of carbonyl (C=O) groups is 2. The molecule has 2 aliphatic heterocycles. The van der Waals surface area contributed by atoms with E-state index < -0.39 is 42.3 Å². The maximum atomic E-state index is 13.2. The van der Waals surface area contributed by atoms with Gasteiger partial charge in [-0.05, 0) is 125 Å². The predicted molar refractivity (Wildman–Crippen MR) is 216 cm³/mol. The Morgan fingerprint density at radius 3 is 2.63 bits per heavy atom. The molecule has 6 fully saturated rings. The Hall–Kier alpha value is -3.77. The van der Waals surface area contributed by atoms with E-state index in [0.29, 0.717) is 65.8 Å². The number of fused-ring (bicyclic) bond motifs is 7. The molecule has 3 aromatic heterocycles. The van der Waals surface area contributed by atoms with Gasteiger partial charge in [0.15, 0.2) is 23.5 Å². The quantitative estimate of drug-likeness (QED) is 0.200. The van der Waals surface area contributed by atoms with Crippen LogP contribution in [0.15, 0.2) is 18.9 Å². The molecule has 5 N–H and O–H groups in total. The second-order valence-corrected chi connectivity index (χ2v) is 19.9. The van der Waals surface area contributed by atoms with Crippen LogP contribution in [0.3, 0.4) is 0 Å². The van der Waals surface area contributed by atoms with E-state index in [9.17, 15) is 19.8 Å². The highest BCUT2D eigenvalue weighted by Crippen LogP contribution is 2.68. The van der Waals surface area contributed by atoms with Gasteiger partial charge < -0.3 is 40.2 Å². The molecule has 60 heavy (non-hydrogen) atoms. The zero-order valence-corrected chi connectivity index (χ0v) is 35.8. The Morgan fingerprint density at radius 1 is 1.02 bits per heavy atom. The first-order valence-electron chi connectivity index (χ1n) is 22.2. The van der Waals surface area contributed by atoms with Crippen LogP contribution in [0.2, 0.25) is 0 Å². The Morgan fingerprint density at radius 2 is 1.82 bits per heavy atom. The smallest absolute Gasteiger partial charge is 0.328 e. The molecule has 4 aliphatic carbocycles. The van der Waals surface area contributed by atoms with Crippen LogP contribution in [-0.4, -0.2) is 99.0 Å². The lowest BCUT2D eigenvalue weighted by atomic mass is 9.43. The molecule has 7 unspecified atom stereocenters. The maximum Gasteiger partial charge on any atom is 0.328 e. The fourth-order valence-electron chi connectivity index (χ4n) is 13.1. The molecular formula is C43H63N9O8. The van der Waals surface area contributed by atoms with Crippen LogP contribution in [0.4, 0.5) is 5.82 Å². The van der Waals surface area contributed by atoms with Crippen molar-refractivity contribution in [2.75, 3.05) is 5.73 Å². The molecule has 4 saturated carbocycles. The van der Waals surface area contributed by atoms with Gasteiger partial charge in [-0.3, -0.25) is 9.36 Å². The monoisotopic (exact) mass is 833 g/mol. The molecular weight excluding hydrogens is 771 g/mol. The van der Waals surface area contributed by atoms with Gasteiger partial charge in [0.25, 0.3) is 0 Å². The third-order valence-electron chi connectivity index (χ3n) is 16.2. The van der Waals surface area contributed by atoms with Crippen molar-refractivity contribution < 1.29 is 38.7 Å². The van der Waals surface area contributed by atoms with Gasteiger partial charge >= 0.3 is 5.97 Å². The molecule has 17 nitrogen and oxygen atoms in total. The van der Waals surface area contributed by atoms with Gasteiger partial charge in [-0.25, -0.2) is 24.4 Å². The van der Waals surface area contributed by atoms with Gasteiger partial charge in [0.2, 0.25) is 5.91 Å². The third kappa shape index (κ3) is 7.19. The van der Waals surface area contributed by atoms with E-state index in [1.165, 1.54) is 19.2 Å². The number of carbonyl (C=O) groups excluding carboxylic acids is 2. The van der Waals surface area contributed by atoms with Crippen molar-refractivity contribution in [2.45, 2.75) is 167 Å². The maximum absolute atomic E-state index is 13.2.